The molecule has 0 N–H and O–H groups in total. The van der Waals surface area contributed by atoms with Crippen LogP contribution in [0.1, 0.15) is 0 Å². The number of halogens is 1. The largest absolute Gasteiger partial charge is 0.417 e. The van der Waals surface area contributed by atoms with Crippen molar-refractivity contribution in [2.45, 2.75) is 0 Å². The van der Waals surface area contributed by atoms with E-state index in [2.05, 4.69) is 0 Å². The van der Waals surface area contributed by atoms with Gasteiger partial charge < -0.3 is 3.07 Å². The Morgan fingerprint density at radius 2 is 2.57 bits per heavy atom. The molecule has 1 nitrogen and oxygen atoms in total. The Labute approximate surface area is 60.0 Å². The SMILES string of the molecule is IOc1cccs1. The fraction of sp³-hybridized carbons (Fsp3) is 0. The highest BCUT2D eigenvalue weighted by atomic mass is 127. The van der Waals surface area contributed by atoms with Gasteiger partial charge in [0.15, 0.2) is 28.1 Å². The summed E-state index contributed by atoms with van der Waals surface area (Å²) in [7, 11) is 0. The minimum atomic E-state index is 0.959. The van der Waals surface area contributed by atoms with Crippen molar-refractivity contribution in [1.29, 1.82) is 0 Å². The molecule has 1 heterocycles. The summed E-state index contributed by atoms with van der Waals surface area (Å²) in [6.07, 6.45) is 0. The van der Waals surface area contributed by atoms with Crippen LogP contribution in [0.5, 0.6) is 5.06 Å². The highest BCUT2D eigenvalue weighted by Crippen LogP contribution is 2.19. The molecule has 1 aromatic heterocycles. The second kappa shape index (κ2) is 2.52. The van der Waals surface area contributed by atoms with E-state index in [9.17, 15) is 0 Å². The first-order valence-electron chi connectivity index (χ1n) is 1.75. The van der Waals surface area contributed by atoms with Gasteiger partial charge in [-0.3, -0.25) is 0 Å². The van der Waals surface area contributed by atoms with E-state index in [1.165, 1.54) is 0 Å². The zero-order chi connectivity index (χ0) is 5.11. The maximum Gasteiger partial charge on any atom is 0.193 e. The van der Waals surface area contributed by atoms with Crippen molar-refractivity contribution in [3.63, 3.8) is 0 Å². The summed E-state index contributed by atoms with van der Waals surface area (Å²) in [6.45, 7) is 0. The molecule has 0 bridgehead atoms. The second-order valence-corrected chi connectivity index (χ2v) is 2.36. The summed E-state index contributed by atoms with van der Waals surface area (Å²) in [5, 5.41) is 2.94. The summed E-state index contributed by atoms with van der Waals surface area (Å²) < 4.78 is 4.84. The number of rotatable bonds is 1. The van der Waals surface area contributed by atoms with Crippen LogP contribution in [0.4, 0.5) is 0 Å². The van der Waals surface area contributed by atoms with E-state index in [0.717, 1.165) is 5.06 Å². The van der Waals surface area contributed by atoms with Gasteiger partial charge in [-0.05, 0) is 17.5 Å². The van der Waals surface area contributed by atoms with Crippen molar-refractivity contribution < 1.29 is 3.07 Å². The predicted molar refractivity (Wildman–Crippen MR) is 39.0 cm³/mol. The van der Waals surface area contributed by atoms with E-state index in [1.807, 2.05) is 40.5 Å². The predicted octanol–water partition coefficient (Wildman–Crippen LogP) is 2.48. The first kappa shape index (κ1) is 5.37. The van der Waals surface area contributed by atoms with E-state index in [-0.39, 0.29) is 0 Å². The van der Waals surface area contributed by atoms with Crippen molar-refractivity contribution in [2.24, 2.45) is 0 Å². The van der Waals surface area contributed by atoms with Gasteiger partial charge in [0.25, 0.3) is 0 Å². The van der Waals surface area contributed by atoms with Gasteiger partial charge in [-0.15, -0.1) is 11.3 Å². The van der Waals surface area contributed by atoms with Crippen LogP contribution in [0.15, 0.2) is 17.5 Å². The minimum absolute atomic E-state index is 0.959. The molecule has 7 heavy (non-hydrogen) atoms. The molecule has 0 aliphatic carbocycles. The lowest BCUT2D eigenvalue weighted by Gasteiger charge is -1.81. The van der Waals surface area contributed by atoms with Crippen LogP contribution in [0, 0.1) is 0 Å². The van der Waals surface area contributed by atoms with E-state index in [4.69, 9.17) is 3.07 Å². The van der Waals surface area contributed by atoms with Gasteiger partial charge in [0.1, 0.15) is 0 Å². The molecule has 0 fully saturated rings. The van der Waals surface area contributed by atoms with Crippen LogP contribution in [0.2, 0.25) is 0 Å². The molecule has 0 amide bonds. The van der Waals surface area contributed by atoms with Gasteiger partial charge in [0.05, 0.1) is 0 Å². The van der Waals surface area contributed by atoms with Gasteiger partial charge in [-0.2, -0.15) is 0 Å². The van der Waals surface area contributed by atoms with E-state index in [0.29, 0.717) is 0 Å². The second-order valence-electron chi connectivity index (χ2n) is 1.01. The molecular formula is C4H3IOS. The molecule has 3 heteroatoms. The molecule has 0 atom stereocenters. The molecule has 0 aliphatic rings. The number of hydrogen-bond acceptors (Lipinski definition) is 2. The average Bonchev–Trinajstić information content (AvgIpc) is 2.14. The number of hydrogen-bond donors (Lipinski definition) is 0. The lowest BCUT2D eigenvalue weighted by molar-refractivity contribution is 0.739. The topological polar surface area (TPSA) is 9.23 Å². The zero-order valence-corrected chi connectivity index (χ0v) is 6.40. The van der Waals surface area contributed by atoms with Crippen LogP contribution in [0.25, 0.3) is 0 Å². The van der Waals surface area contributed by atoms with Crippen LogP contribution >= 0.6 is 34.3 Å². The summed E-state index contributed by atoms with van der Waals surface area (Å²) in [4.78, 5) is 0. The first-order valence-corrected chi connectivity index (χ1v) is 3.51. The molecule has 38 valence electrons. The summed E-state index contributed by atoms with van der Waals surface area (Å²) in [5.74, 6) is 0. The smallest absolute Gasteiger partial charge is 0.193 e. The molecule has 0 aromatic carbocycles. The minimum Gasteiger partial charge on any atom is -0.417 e. The highest BCUT2D eigenvalue weighted by Gasteiger charge is 1.85. The van der Waals surface area contributed by atoms with Crippen LogP contribution < -0.4 is 3.07 Å². The van der Waals surface area contributed by atoms with Crippen molar-refractivity contribution in [3.8, 4) is 5.06 Å². The first-order chi connectivity index (χ1) is 3.43. The molecule has 0 unspecified atom stereocenters. The third-order valence-corrected chi connectivity index (χ3v) is 2.09. The van der Waals surface area contributed by atoms with E-state index in [1.54, 1.807) is 11.3 Å². The molecular weight excluding hydrogens is 223 g/mol. The molecule has 1 aromatic rings. The monoisotopic (exact) mass is 226 g/mol. The Kier molecular flexibility index (Phi) is 1.93. The lowest BCUT2D eigenvalue weighted by atomic mass is 10.7. The van der Waals surface area contributed by atoms with Crippen molar-refractivity contribution >= 4 is 34.3 Å². The zero-order valence-electron chi connectivity index (χ0n) is 3.43. The quantitative estimate of drug-likeness (QED) is 0.668. The van der Waals surface area contributed by atoms with Crippen LogP contribution in [-0.4, -0.2) is 0 Å². The molecule has 0 aliphatic heterocycles. The van der Waals surface area contributed by atoms with Crippen molar-refractivity contribution in [2.75, 3.05) is 0 Å². The van der Waals surface area contributed by atoms with E-state index >= 15 is 0 Å². The Morgan fingerprint density at radius 3 is 2.86 bits per heavy atom. The Balaban J connectivity index is 2.76. The fourth-order valence-electron chi connectivity index (χ4n) is 0.307. The molecule has 0 radical (unpaired) electrons. The van der Waals surface area contributed by atoms with Gasteiger partial charge >= 0.3 is 0 Å². The van der Waals surface area contributed by atoms with Gasteiger partial charge in [-0.25, -0.2) is 0 Å². The third kappa shape index (κ3) is 1.31. The Morgan fingerprint density at radius 1 is 1.71 bits per heavy atom. The van der Waals surface area contributed by atoms with Crippen LogP contribution in [-0.2, 0) is 0 Å². The molecule has 0 saturated carbocycles. The molecule has 0 spiro atoms. The standard InChI is InChI=1S/C4H3IOS/c5-6-4-2-1-3-7-4/h1-3H. The fourth-order valence-corrected chi connectivity index (χ4v) is 1.25. The van der Waals surface area contributed by atoms with Gasteiger partial charge in [0.2, 0.25) is 0 Å². The highest BCUT2D eigenvalue weighted by molar-refractivity contribution is 14.1. The normalized spacial score (nSPS) is 8.71. The Hall–Kier alpha value is 0.230. The van der Waals surface area contributed by atoms with Crippen molar-refractivity contribution in [3.05, 3.63) is 17.5 Å². The third-order valence-electron chi connectivity index (χ3n) is 0.571. The average molecular weight is 226 g/mol. The van der Waals surface area contributed by atoms with Crippen molar-refractivity contribution in [1.82, 2.24) is 0 Å². The summed E-state index contributed by atoms with van der Waals surface area (Å²) in [6, 6.07) is 3.88. The maximum atomic E-state index is 4.84. The van der Waals surface area contributed by atoms with Gasteiger partial charge in [-0.1, -0.05) is 0 Å². The summed E-state index contributed by atoms with van der Waals surface area (Å²) in [5.41, 5.74) is 0. The van der Waals surface area contributed by atoms with Gasteiger partial charge in [0, 0.05) is 0 Å². The van der Waals surface area contributed by atoms with E-state index < -0.39 is 0 Å². The lowest BCUT2D eigenvalue weighted by Crippen LogP contribution is -1.58. The number of thiophene rings is 1. The molecule has 1 rings (SSSR count). The van der Waals surface area contributed by atoms with Crippen LogP contribution in [0.3, 0.4) is 0 Å². The Bertz CT molecular complexity index is 126. The maximum absolute atomic E-state index is 4.84. The summed E-state index contributed by atoms with van der Waals surface area (Å²) >= 11 is 3.45. The molecule has 0 saturated heterocycles.